The van der Waals surface area contributed by atoms with Crippen LogP contribution >= 0.6 is 0 Å². The minimum atomic E-state index is -3.57. The van der Waals surface area contributed by atoms with Crippen molar-refractivity contribution in [3.05, 3.63) is 29.8 Å². The van der Waals surface area contributed by atoms with Crippen LogP contribution in [0.5, 0.6) is 5.75 Å². The Morgan fingerprint density at radius 3 is 2.25 bits per heavy atom. The van der Waals surface area contributed by atoms with Gasteiger partial charge in [-0.25, -0.2) is 0 Å². The molecule has 1 rings (SSSR count). The van der Waals surface area contributed by atoms with Crippen LogP contribution < -0.4 is 9.92 Å². The van der Waals surface area contributed by atoms with Crippen LogP contribution in [0.25, 0.3) is 0 Å². The normalized spacial score (nSPS) is 13.1. The highest BCUT2D eigenvalue weighted by Gasteiger charge is 2.14. The summed E-state index contributed by atoms with van der Waals surface area (Å²) in [5, 5.41) is 8.64. The van der Waals surface area contributed by atoms with Crippen molar-refractivity contribution in [3.63, 3.8) is 0 Å². The first-order valence-electron chi connectivity index (χ1n) is 4.27. The molecule has 7 heteroatoms. The van der Waals surface area contributed by atoms with Crippen molar-refractivity contribution in [1.82, 2.24) is 0 Å². The molecule has 0 saturated carbocycles. The van der Waals surface area contributed by atoms with E-state index in [2.05, 4.69) is 4.18 Å². The maximum absolute atomic E-state index is 10.8. The van der Waals surface area contributed by atoms with Gasteiger partial charge in [0.25, 0.3) is 0 Å². The van der Waals surface area contributed by atoms with E-state index in [9.17, 15) is 13.2 Å². The summed E-state index contributed by atoms with van der Waals surface area (Å²) in [5.41, 5.74) is 5.73. The number of hydrogen-bond donors (Lipinski definition) is 2. The van der Waals surface area contributed by atoms with Gasteiger partial charge in [-0.2, -0.15) is 8.42 Å². The van der Waals surface area contributed by atoms with Crippen LogP contribution in [0.4, 0.5) is 0 Å². The standard InChI is InChI=1S/C9H11NO5S/c1-16(13,14)15-7-4-2-6(3-5-7)8(10)9(11)12/h2-5,8H,10H2,1H3,(H,11,12). The third-order valence-electron chi connectivity index (χ3n) is 1.75. The molecule has 0 heterocycles. The summed E-state index contributed by atoms with van der Waals surface area (Å²) in [6, 6.07) is 4.36. The number of aliphatic carboxylic acids is 1. The quantitative estimate of drug-likeness (QED) is 0.729. The average molecular weight is 245 g/mol. The van der Waals surface area contributed by atoms with Crippen LogP contribution in [0.2, 0.25) is 0 Å². The maximum atomic E-state index is 10.8. The summed E-state index contributed by atoms with van der Waals surface area (Å²) in [4.78, 5) is 10.6. The number of carboxylic acids is 1. The predicted octanol–water partition coefficient (Wildman–Crippen LogP) is 0.109. The van der Waals surface area contributed by atoms with E-state index in [0.717, 1.165) is 6.26 Å². The molecule has 6 nitrogen and oxygen atoms in total. The SMILES string of the molecule is CS(=O)(=O)Oc1ccc(C(N)C(=O)O)cc1. The van der Waals surface area contributed by atoms with Crippen LogP contribution in [0.3, 0.4) is 0 Å². The van der Waals surface area contributed by atoms with Gasteiger partial charge in [0.05, 0.1) is 6.26 Å². The number of hydrogen-bond acceptors (Lipinski definition) is 5. The Balaban J connectivity index is 2.87. The first-order chi connectivity index (χ1) is 7.29. The Kier molecular flexibility index (Phi) is 3.51. The fourth-order valence-electron chi connectivity index (χ4n) is 1.05. The van der Waals surface area contributed by atoms with E-state index in [4.69, 9.17) is 10.8 Å². The molecular formula is C9H11NO5S. The molecule has 0 amide bonds. The Morgan fingerprint density at radius 2 is 1.88 bits per heavy atom. The van der Waals surface area contributed by atoms with Gasteiger partial charge in [0.2, 0.25) is 0 Å². The predicted molar refractivity (Wildman–Crippen MR) is 56.5 cm³/mol. The average Bonchev–Trinajstić information content (AvgIpc) is 2.15. The van der Waals surface area contributed by atoms with Gasteiger partial charge in [-0.3, -0.25) is 4.79 Å². The lowest BCUT2D eigenvalue weighted by atomic mass is 10.1. The van der Waals surface area contributed by atoms with Gasteiger partial charge in [-0.1, -0.05) is 12.1 Å². The van der Waals surface area contributed by atoms with Crippen molar-refractivity contribution in [2.45, 2.75) is 6.04 Å². The molecule has 1 aromatic carbocycles. The Bertz CT molecular complexity index is 479. The molecule has 0 radical (unpaired) electrons. The second-order valence-corrected chi connectivity index (χ2v) is 4.75. The lowest BCUT2D eigenvalue weighted by molar-refractivity contribution is -0.138. The van der Waals surface area contributed by atoms with E-state index in [1.165, 1.54) is 24.3 Å². The highest BCUT2D eigenvalue weighted by molar-refractivity contribution is 7.86. The van der Waals surface area contributed by atoms with Crippen molar-refractivity contribution < 1.29 is 22.5 Å². The molecule has 0 spiro atoms. The molecule has 0 saturated heterocycles. The largest absolute Gasteiger partial charge is 0.480 e. The number of nitrogens with two attached hydrogens (primary N) is 1. The molecule has 3 N–H and O–H groups in total. The van der Waals surface area contributed by atoms with Crippen molar-refractivity contribution in [2.24, 2.45) is 5.73 Å². The molecular weight excluding hydrogens is 234 g/mol. The summed E-state index contributed by atoms with van der Waals surface area (Å²) < 4.78 is 26.2. The van der Waals surface area contributed by atoms with Crippen LogP contribution in [0, 0.1) is 0 Å². The third kappa shape index (κ3) is 3.52. The molecule has 0 fully saturated rings. The second kappa shape index (κ2) is 4.50. The summed E-state index contributed by atoms with van der Waals surface area (Å²) in [7, 11) is -3.57. The van der Waals surface area contributed by atoms with Gasteiger partial charge in [0, 0.05) is 0 Å². The first-order valence-corrected chi connectivity index (χ1v) is 6.09. The summed E-state index contributed by atoms with van der Waals surface area (Å²) in [6.07, 6.45) is 0.921. The monoisotopic (exact) mass is 245 g/mol. The van der Waals surface area contributed by atoms with E-state index < -0.39 is 22.1 Å². The molecule has 88 valence electrons. The Morgan fingerprint density at radius 1 is 1.38 bits per heavy atom. The second-order valence-electron chi connectivity index (χ2n) is 3.17. The zero-order valence-electron chi connectivity index (χ0n) is 8.45. The summed E-state index contributed by atoms with van der Waals surface area (Å²) >= 11 is 0. The number of rotatable bonds is 4. The van der Waals surface area contributed by atoms with Gasteiger partial charge in [0.1, 0.15) is 11.8 Å². The minimum Gasteiger partial charge on any atom is -0.480 e. The van der Waals surface area contributed by atoms with Crippen molar-refractivity contribution in [1.29, 1.82) is 0 Å². The lowest BCUT2D eigenvalue weighted by Gasteiger charge is -2.07. The van der Waals surface area contributed by atoms with E-state index >= 15 is 0 Å². The van der Waals surface area contributed by atoms with Crippen molar-refractivity contribution in [3.8, 4) is 5.75 Å². The van der Waals surface area contributed by atoms with Gasteiger partial charge in [-0.15, -0.1) is 0 Å². The molecule has 1 aromatic rings. The van der Waals surface area contributed by atoms with Crippen LogP contribution in [0.1, 0.15) is 11.6 Å². The fourth-order valence-corrected chi connectivity index (χ4v) is 1.51. The molecule has 0 aromatic heterocycles. The molecule has 0 aliphatic rings. The van der Waals surface area contributed by atoms with Crippen molar-refractivity contribution in [2.75, 3.05) is 6.26 Å². The van der Waals surface area contributed by atoms with E-state index in [1.54, 1.807) is 0 Å². The first kappa shape index (κ1) is 12.5. The zero-order chi connectivity index (χ0) is 12.3. The number of carbonyl (C=O) groups is 1. The van der Waals surface area contributed by atoms with Crippen LogP contribution in [-0.2, 0) is 14.9 Å². The van der Waals surface area contributed by atoms with Crippen LogP contribution in [0.15, 0.2) is 24.3 Å². The topological polar surface area (TPSA) is 107 Å². The van der Waals surface area contributed by atoms with E-state index in [0.29, 0.717) is 5.56 Å². The van der Waals surface area contributed by atoms with E-state index in [-0.39, 0.29) is 5.75 Å². The van der Waals surface area contributed by atoms with Gasteiger partial charge < -0.3 is 15.0 Å². The lowest BCUT2D eigenvalue weighted by Crippen LogP contribution is -2.20. The van der Waals surface area contributed by atoms with Gasteiger partial charge in [-0.05, 0) is 17.7 Å². The number of benzene rings is 1. The minimum absolute atomic E-state index is 0.115. The molecule has 0 aliphatic carbocycles. The molecule has 0 aliphatic heterocycles. The Labute approximate surface area is 92.8 Å². The fraction of sp³-hybridized carbons (Fsp3) is 0.222. The molecule has 16 heavy (non-hydrogen) atoms. The summed E-state index contributed by atoms with van der Waals surface area (Å²) in [5.74, 6) is -1.04. The molecule has 1 unspecified atom stereocenters. The van der Waals surface area contributed by atoms with E-state index in [1.807, 2.05) is 0 Å². The summed E-state index contributed by atoms with van der Waals surface area (Å²) in [6.45, 7) is 0. The van der Waals surface area contributed by atoms with Crippen molar-refractivity contribution >= 4 is 16.1 Å². The Hall–Kier alpha value is -1.60. The smallest absolute Gasteiger partial charge is 0.325 e. The highest BCUT2D eigenvalue weighted by atomic mass is 32.2. The van der Waals surface area contributed by atoms with Gasteiger partial charge in [0.15, 0.2) is 0 Å². The van der Waals surface area contributed by atoms with Crippen LogP contribution in [-0.4, -0.2) is 25.7 Å². The van der Waals surface area contributed by atoms with Gasteiger partial charge >= 0.3 is 16.1 Å². The maximum Gasteiger partial charge on any atom is 0.325 e. The highest BCUT2D eigenvalue weighted by Crippen LogP contribution is 2.17. The molecule has 1 atom stereocenters. The molecule has 0 bridgehead atoms. The number of carboxylic acid groups (broad SMARTS) is 1. The zero-order valence-corrected chi connectivity index (χ0v) is 9.27. The third-order valence-corrected chi connectivity index (χ3v) is 2.25.